The van der Waals surface area contributed by atoms with Gasteiger partial charge in [0.2, 0.25) is 65.0 Å². The number of benzene rings is 1. The monoisotopic (exact) mass is 1270 g/mol. The van der Waals surface area contributed by atoms with E-state index in [0.717, 1.165) is 43.2 Å². The maximum Gasteiger partial charge on any atom is 0.327 e. The van der Waals surface area contributed by atoms with Crippen LogP contribution in [0.3, 0.4) is 0 Å². The average molecular weight is 1280 g/mol. The number of carbonyl (C=O) groups excluding carboxylic acids is 11. The zero-order valence-corrected chi connectivity index (χ0v) is 48.9. The first-order valence-corrected chi connectivity index (χ1v) is 30.7. The van der Waals surface area contributed by atoms with Crippen molar-refractivity contribution in [2.75, 3.05) is 42.7 Å². The van der Waals surface area contributed by atoms with Crippen LogP contribution in [0, 0.1) is 5.92 Å². The molecule has 10 atom stereocenters. The quantitative estimate of drug-likeness (QED) is 0.0231. The number of fused-ring (bicyclic) bond motifs is 26. The zero-order chi connectivity index (χ0) is 60.1. The molecule has 2 aromatic rings. The fraction of sp³-hybridized carbons (Fsp3) is 0.543. The maximum atomic E-state index is 14.7. The van der Waals surface area contributed by atoms with Crippen LogP contribution in [0.4, 0.5) is 0 Å². The second kappa shape index (κ2) is 32.8. The maximum absolute atomic E-state index is 14.7. The fourth-order valence-corrected chi connectivity index (χ4v) is 12.7. The van der Waals surface area contributed by atoms with E-state index >= 15 is 0 Å². The minimum atomic E-state index is -1.78. The van der Waals surface area contributed by atoms with E-state index in [2.05, 4.69) is 79.1 Å². The van der Waals surface area contributed by atoms with Crippen LogP contribution in [-0.2, 0) is 64.0 Å². The number of carboxylic acids is 1. The number of nitrogens with one attached hydrogen (secondary N) is 11. The topological polar surface area (TPSA) is 498 Å². The van der Waals surface area contributed by atoms with Gasteiger partial charge in [0.15, 0.2) is 5.96 Å². The van der Waals surface area contributed by atoms with Gasteiger partial charge in [-0.25, -0.2) is 4.79 Å². The van der Waals surface area contributed by atoms with Gasteiger partial charge in [0.25, 0.3) is 0 Å². The summed E-state index contributed by atoms with van der Waals surface area (Å²) in [6, 6.07) is -10.3. The molecule has 0 spiro atoms. The summed E-state index contributed by atoms with van der Waals surface area (Å²) in [5.74, 6) is -14.6. The lowest BCUT2D eigenvalue weighted by atomic mass is 10.0. The number of carboxylic acid groups (broad SMARTS) is 1. The number of aromatic nitrogens is 1. The van der Waals surface area contributed by atoms with E-state index in [1.807, 2.05) is 0 Å². The SMILES string of the molecule is CC1NC(=O)C(CO)NC(=O)C2CSSCC(C(=O)O)NC(=O)C(CSSCC(NC(=O)C(Cc3c[nH]c4ccc(Br)cc34)NC(=O)C(CC(N)=O)NC(=O)CN)C(=O)N2)NC(=O)C(C(C)C)NC(=O)C(CCCN=C(N)N)NC1=O. The van der Waals surface area contributed by atoms with E-state index in [4.69, 9.17) is 22.9 Å². The molecule has 81 heavy (non-hydrogen) atoms. The number of amides is 11. The number of rotatable bonds is 17. The highest BCUT2D eigenvalue weighted by Crippen LogP contribution is 2.27. The van der Waals surface area contributed by atoms with Crippen LogP contribution in [0.25, 0.3) is 10.9 Å². The highest BCUT2D eigenvalue weighted by molar-refractivity contribution is 9.10. The van der Waals surface area contributed by atoms with Crippen molar-refractivity contribution in [3.63, 3.8) is 0 Å². The van der Waals surface area contributed by atoms with E-state index < -0.39 is 157 Å². The Morgan fingerprint density at radius 3 is 1.98 bits per heavy atom. The lowest BCUT2D eigenvalue weighted by Crippen LogP contribution is -2.61. The van der Waals surface area contributed by atoms with E-state index in [1.54, 1.807) is 38.2 Å². The first kappa shape index (κ1) is 67.0. The molecule has 3 saturated heterocycles. The second-order valence-electron chi connectivity index (χ2n) is 18.7. The number of carbonyl (C=O) groups is 12. The normalized spacial score (nSPS) is 24.0. The number of aliphatic carboxylic acids is 1. The highest BCUT2D eigenvalue weighted by Gasteiger charge is 2.37. The van der Waals surface area contributed by atoms with Crippen LogP contribution in [0.5, 0.6) is 0 Å². The number of hydrogen-bond acceptors (Lipinski definition) is 19. The number of H-pyrrole nitrogens is 1. The van der Waals surface area contributed by atoms with Crippen molar-refractivity contribution in [2.45, 2.75) is 107 Å². The van der Waals surface area contributed by atoms with Gasteiger partial charge in [-0.05, 0) is 49.4 Å². The Labute approximate surface area is 488 Å². The number of aliphatic imine (C=N–C) groups is 1. The van der Waals surface area contributed by atoms with Gasteiger partial charge >= 0.3 is 5.97 Å². The van der Waals surface area contributed by atoms with Gasteiger partial charge in [0, 0.05) is 57.5 Å². The predicted octanol–water partition coefficient (Wildman–Crippen LogP) is -5.25. The number of hydrogen-bond donors (Lipinski definition) is 17. The second-order valence-corrected chi connectivity index (χ2v) is 24.7. The van der Waals surface area contributed by atoms with Crippen molar-refractivity contribution in [1.82, 2.24) is 58.2 Å². The van der Waals surface area contributed by atoms with Crippen molar-refractivity contribution in [1.29, 1.82) is 0 Å². The predicted molar refractivity (Wildman–Crippen MR) is 307 cm³/mol. The van der Waals surface area contributed by atoms with Gasteiger partial charge in [-0.1, -0.05) is 73.0 Å². The molecule has 3 aliphatic rings. The third-order valence-electron chi connectivity index (χ3n) is 12.0. The van der Waals surface area contributed by atoms with E-state index in [0.29, 0.717) is 20.9 Å². The lowest BCUT2D eigenvalue weighted by Gasteiger charge is -2.28. The first-order valence-electron chi connectivity index (χ1n) is 25.0. The van der Waals surface area contributed by atoms with Crippen molar-refractivity contribution in [3.8, 4) is 0 Å². The summed E-state index contributed by atoms with van der Waals surface area (Å²) in [6.07, 6.45) is 0.634. The molecule has 21 N–H and O–H groups in total. The molecule has 4 heterocycles. The summed E-state index contributed by atoms with van der Waals surface area (Å²) < 4.78 is 0.658. The molecule has 0 radical (unpaired) electrons. The van der Waals surface area contributed by atoms with Gasteiger partial charge in [-0.2, -0.15) is 0 Å². The Balaban J connectivity index is 1.83. The lowest BCUT2D eigenvalue weighted by molar-refractivity contribution is -0.141. The summed E-state index contributed by atoms with van der Waals surface area (Å²) in [5, 5.41) is 46.0. The molecule has 0 aliphatic carbocycles. The summed E-state index contributed by atoms with van der Waals surface area (Å²) in [4.78, 5) is 171. The van der Waals surface area contributed by atoms with Crippen LogP contribution in [0.2, 0.25) is 0 Å². The molecule has 2 bridgehead atoms. The summed E-state index contributed by atoms with van der Waals surface area (Å²) >= 11 is 3.43. The molecule has 1 aromatic heterocycles. The molecule has 5 rings (SSSR count). The van der Waals surface area contributed by atoms with Crippen LogP contribution in [0.15, 0.2) is 33.9 Å². The van der Waals surface area contributed by atoms with Crippen LogP contribution >= 0.6 is 59.1 Å². The van der Waals surface area contributed by atoms with E-state index in [1.165, 1.54) is 6.92 Å². The first-order chi connectivity index (χ1) is 38.3. The number of primary amides is 1. The molecule has 446 valence electrons. The smallest absolute Gasteiger partial charge is 0.327 e. The number of nitrogens with zero attached hydrogens (tertiary/aromatic N) is 1. The molecule has 3 fully saturated rings. The van der Waals surface area contributed by atoms with Gasteiger partial charge in [0.1, 0.15) is 60.4 Å². The van der Waals surface area contributed by atoms with Gasteiger partial charge < -0.3 is 91.3 Å². The van der Waals surface area contributed by atoms with Crippen LogP contribution < -0.4 is 76.1 Å². The van der Waals surface area contributed by atoms with Crippen molar-refractivity contribution in [3.05, 3.63) is 34.4 Å². The third kappa shape index (κ3) is 21.4. The number of aliphatic hydroxyl groups is 1. The van der Waals surface area contributed by atoms with Crippen molar-refractivity contribution < 1.29 is 67.7 Å². The molecule has 0 saturated carbocycles. The van der Waals surface area contributed by atoms with Gasteiger partial charge in [-0.3, -0.25) is 57.7 Å². The molecule has 10 unspecified atom stereocenters. The summed E-state index contributed by atoms with van der Waals surface area (Å²) in [5.41, 5.74) is 22.9. The Morgan fingerprint density at radius 1 is 0.741 bits per heavy atom. The minimum Gasteiger partial charge on any atom is -0.480 e. The molecule has 11 amide bonds. The molecule has 1 aromatic carbocycles. The van der Waals surface area contributed by atoms with Gasteiger partial charge in [0.05, 0.1) is 19.6 Å². The standard InChI is InChI=1S/C46H67BrN16O14S4/c1-19(2)35-44(75)61-31-17-79-78-16-30(59-38(69)26(9-21-13-53-24-7-6-22(47)10-23(21)24)57-39(70)27(11-33(49)65)55-34(66)12-48)42(73)60-29(15-80-81-18-32(45(76)77)62-43(31)74)41(72)58-28(14-64)40(71)54-20(3)36(67)56-25(37(68)63-35)5-4-8-52-46(50)51/h6-7,10,13,19-20,25-32,35,53,64H,4-5,8-9,11-12,14-18,48H2,1-3H3,(H2,49,65)(H,54,71)(H,55,66)(H,56,67)(H,57,70)(H,58,72)(H,59,69)(H,60,73)(H,61,75)(H,62,74)(H,63,68)(H,76,77)(H4,50,51,52). The zero-order valence-electron chi connectivity index (χ0n) is 44.0. The van der Waals surface area contributed by atoms with E-state index in [9.17, 15) is 67.7 Å². The molecular weight excluding hydrogens is 1210 g/mol. The van der Waals surface area contributed by atoms with Crippen molar-refractivity contribution >= 4 is 147 Å². The molecular formula is C46H67BrN16O14S4. The number of aliphatic hydroxyl groups excluding tert-OH is 1. The molecule has 35 heteroatoms. The Morgan fingerprint density at radius 2 is 1.36 bits per heavy atom. The fourth-order valence-electron chi connectivity index (χ4n) is 7.66. The largest absolute Gasteiger partial charge is 0.480 e. The summed E-state index contributed by atoms with van der Waals surface area (Å²) in [6.45, 7) is 2.80. The Kier molecular flexibility index (Phi) is 27.1. The number of halogens is 1. The Hall–Kier alpha value is -6.53. The number of aromatic amines is 1. The highest BCUT2D eigenvalue weighted by atomic mass is 79.9. The third-order valence-corrected chi connectivity index (χ3v) is 17.4. The van der Waals surface area contributed by atoms with E-state index in [-0.39, 0.29) is 54.8 Å². The number of nitrogens with two attached hydrogens (primary N) is 4. The average Bonchev–Trinajstić information content (AvgIpc) is 3.80. The molecule has 30 nitrogen and oxygen atoms in total. The minimum absolute atomic E-state index is 0.0244. The summed E-state index contributed by atoms with van der Waals surface area (Å²) in [7, 11) is 3.46. The number of guanidine groups is 1. The molecule has 3 aliphatic heterocycles. The van der Waals surface area contributed by atoms with Crippen LogP contribution in [0.1, 0.15) is 45.6 Å². The Bertz CT molecular complexity index is 2690. The van der Waals surface area contributed by atoms with Gasteiger partial charge in [-0.15, -0.1) is 0 Å². The van der Waals surface area contributed by atoms with Crippen LogP contribution in [-0.4, -0.2) is 195 Å². The van der Waals surface area contributed by atoms with Crippen molar-refractivity contribution in [2.24, 2.45) is 33.8 Å².